The minimum absolute atomic E-state index is 0.120. The van der Waals surface area contributed by atoms with Crippen LogP contribution in [0.15, 0.2) is 41.6 Å². The van der Waals surface area contributed by atoms with Gasteiger partial charge in [0.25, 0.3) is 11.5 Å². The summed E-state index contributed by atoms with van der Waals surface area (Å²) >= 11 is 0. The van der Waals surface area contributed by atoms with Crippen LogP contribution in [0.3, 0.4) is 0 Å². The monoisotopic (exact) mass is 270 g/mol. The van der Waals surface area contributed by atoms with Crippen LogP contribution in [0.2, 0.25) is 0 Å². The summed E-state index contributed by atoms with van der Waals surface area (Å²) in [6.45, 7) is 0. The van der Waals surface area contributed by atoms with E-state index in [0.717, 1.165) is 6.08 Å². The van der Waals surface area contributed by atoms with Crippen LogP contribution in [0.4, 0.5) is 5.69 Å². The van der Waals surface area contributed by atoms with Gasteiger partial charge in [0.15, 0.2) is 0 Å². The van der Waals surface area contributed by atoms with E-state index in [1.807, 2.05) is 0 Å². The van der Waals surface area contributed by atoms with Crippen molar-refractivity contribution in [3.05, 3.63) is 73.0 Å². The molecule has 0 heterocycles. The van der Waals surface area contributed by atoms with Gasteiger partial charge >= 0.3 is 5.70 Å². The highest BCUT2D eigenvalue weighted by atomic mass is 16.6. The molecule has 0 N–H and O–H groups in total. The van der Waals surface area contributed by atoms with E-state index in [1.54, 1.807) is 6.07 Å². The molecule has 0 aliphatic heterocycles. The molecule has 0 unspecified atom stereocenters. The van der Waals surface area contributed by atoms with Gasteiger partial charge in [-0.2, -0.15) is 0 Å². The van der Waals surface area contributed by atoms with E-state index < -0.39 is 21.3 Å². The number of fused-ring (bicyclic) bond motifs is 3. The van der Waals surface area contributed by atoms with Crippen LogP contribution in [-0.4, -0.2) is 15.6 Å². The van der Waals surface area contributed by atoms with E-state index in [1.165, 1.54) is 24.3 Å². The standard InChI is InChI=1S/C13H6N2O5/c16-13-9-6-7-2-1-3-10(14(17)18)12(7)8(9)4-5-11(13)15(19)20/h1-6H. The number of benzene rings is 1. The molecule has 0 atom stereocenters. The molecular weight excluding hydrogens is 264 g/mol. The van der Waals surface area contributed by atoms with Gasteiger partial charge in [-0.15, -0.1) is 0 Å². The third kappa shape index (κ3) is 1.50. The first-order valence-corrected chi connectivity index (χ1v) is 5.61. The van der Waals surface area contributed by atoms with Gasteiger partial charge in [-0.25, -0.2) is 0 Å². The summed E-state index contributed by atoms with van der Waals surface area (Å²) < 4.78 is 0. The van der Waals surface area contributed by atoms with Crippen molar-refractivity contribution in [3.8, 4) is 0 Å². The van der Waals surface area contributed by atoms with Crippen LogP contribution < -0.4 is 0 Å². The molecule has 0 spiro atoms. The van der Waals surface area contributed by atoms with E-state index in [2.05, 4.69) is 0 Å². The Morgan fingerprint density at radius 2 is 1.70 bits per heavy atom. The zero-order valence-corrected chi connectivity index (χ0v) is 9.90. The molecule has 7 heteroatoms. The molecule has 2 aliphatic rings. The number of allylic oxidation sites excluding steroid dienone is 4. The van der Waals surface area contributed by atoms with Crippen molar-refractivity contribution in [2.45, 2.75) is 0 Å². The highest BCUT2D eigenvalue weighted by molar-refractivity contribution is 6.25. The Hall–Kier alpha value is -3.09. The molecule has 1 aromatic rings. The highest BCUT2D eigenvalue weighted by Gasteiger charge is 2.37. The van der Waals surface area contributed by atoms with E-state index >= 15 is 0 Å². The smallest absolute Gasteiger partial charge is 0.282 e. The average Bonchev–Trinajstić information content (AvgIpc) is 2.78. The molecule has 1 aromatic carbocycles. The predicted molar refractivity (Wildman–Crippen MR) is 69.1 cm³/mol. The Balaban J connectivity index is 2.24. The number of Topliss-reactive ketones (excluding diaryl/α,β-unsaturated/α-hetero) is 1. The van der Waals surface area contributed by atoms with E-state index in [0.29, 0.717) is 16.7 Å². The summed E-state index contributed by atoms with van der Waals surface area (Å²) in [6.07, 6.45) is 3.91. The van der Waals surface area contributed by atoms with E-state index in [9.17, 15) is 25.0 Å². The van der Waals surface area contributed by atoms with E-state index in [-0.39, 0.29) is 11.3 Å². The van der Waals surface area contributed by atoms with Gasteiger partial charge in [-0.3, -0.25) is 25.0 Å². The van der Waals surface area contributed by atoms with Crippen molar-refractivity contribution in [1.82, 2.24) is 0 Å². The zero-order chi connectivity index (χ0) is 14.4. The van der Waals surface area contributed by atoms with Crippen LogP contribution in [0, 0.1) is 20.2 Å². The number of carbonyl (C=O) groups is 1. The lowest BCUT2D eigenvalue weighted by atomic mass is 9.93. The molecular formula is C13H6N2O5. The van der Waals surface area contributed by atoms with Crippen LogP contribution in [-0.2, 0) is 4.79 Å². The third-order valence-corrected chi connectivity index (χ3v) is 3.21. The summed E-state index contributed by atoms with van der Waals surface area (Å²) in [7, 11) is 0. The summed E-state index contributed by atoms with van der Waals surface area (Å²) in [6, 6.07) is 4.49. The Morgan fingerprint density at radius 1 is 0.950 bits per heavy atom. The molecule has 3 rings (SSSR count). The number of ketones is 1. The second-order valence-electron chi connectivity index (χ2n) is 4.27. The van der Waals surface area contributed by atoms with Crippen molar-refractivity contribution >= 4 is 23.1 Å². The summed E-state index contributed by atoms with van der Waals surface area (Å²) in [5.74, 6) is -0.724. The lowest BCUT2D eigenvalue weighted by Crippen LogP contribution is -2.16. The zero-order valence-electron chi connectivity index (χ0n) is 9.90. The number of nitro benzene ring substituents is 1. The Kier molecular flexibility index (Phi) is 2.37. The van der Waals surface area contributed by atoms with Crippen molar-refractivity contribution < 1.29 is 14.6 Å². The number of rotatable bonds is 2. The van der Waals surface area contributed by atoms with Crippen LogP contribution in [0.5, 0.6) is 0 Å². The summed E-state index contributed by atoms with van der Waals surface area (Å²) in [4.78, 5) is 32.5. The number of hydrogen-bond acceptors (Lipinski definition) is 5. The second kappa shape index (κ2) is 3.95. The fourth-order valence-electron chi connectivity index (χ4n) is 2.37. The van der Waals surface area contributed by atoms with Crippen molar-refractivity contribution in [2.75, 3.05) is 0 Å². The number of nitrogens with zero attached hydrogens (tertiary/aromatic N) is 2. The number of nitro groups is 2. The van der Waals surface area contributed by atoms with Crippen molar-refractivity contribution in [2.24, 2.45) is 0 Å². The van der Waals surface area contributed by atoms with Gasteiger partial charge in [0.2, 0.25) is 0 Å². The number of hydrogen-bond donors (Lipinski definition) is 0. The van der Waals surface area contributed by atoms with Gasteiger partial charge in [0.05, 0.1) is 15.4 Å². The average molecular weight is 270 g/mol. The van der Waals surface area contributed by atoms with Gasteiger partial charge in [0, 0.05) is 23.3 Å². The summed E-state index contributed by atoms with van der Waals surface area (Å²) in [5, 5.41) is 21.8. The Labute approximate surface area is 111 Å². The highest BCUT2D eigenvalue weighted by Crippen LogP contribution is 2.43. The molecule has 0 radical (unpaired) electrons. The molecule has 0 amide bonds. The molecule has 0 fully saturated rings. The van der Waals surface area contributed by atoms with Crippen LogP contribution >= 0.6 is 0 Å². The SMILES string of the molecule is O=C1C2=Cc3cccc([N+](=O)[O-])c3C2=CC=C1[N+](=O)[O-]. The van der Waals surface area contributed by atoms with Crippen LogP contribution in [0.1, 0.15) is 11.1 Å². The minimum Gasteiger partial charge on any atom is -0.282 e. The maximum absolute atomic E-state index is 12.0. The molecule has 98 valence electrons. The normalized spacial score (nSPS) is 15.8. The first-order valence-electron chi connectivity index (χ1n) is 5.61. The fraction of sp³-hybridized carbons (Fsp3) is 0. The van der Waals surface area contributed by atoms with Crippen LogP contribution in [0.25, 0.3) is 11.6 Å². The predicted octanol–water partition coefficient (Wildman–Crippen LogP) is 2.12. The topological polar surface area (TPSA) is 103 Å². The number of carbonyl (C=O) groups excluding carboxylic acids is 1. The lowest BCUT2D eigenvalue weighted by Gasteiger charge is -2.08. The van der Waals surface area contributed by atoms with Gasteiger partial charge in [-0.05, 0) is 17.7 Å². The summed E-state index contributed by atoms with van der Waals surface area (Å²) in [5.41, 5.74) is 0.693. The molecule has 0 aromatic heterocycles. The minimum atomic E-state index is -0.756. The lowest BCUT2D eigenvalue weighted by molar-refractivity contribution is -0.418. The third-order valence-electron chi connectivity index (χ3n) is 3.21. The largest absolute Gasteiger partial charge is 0.316 e. The fourth-order valence-corrected chi connectivity index (χ4v) is 2.37. The maximum atomic E-state index is 12.0. The van der Waals surface area contributed by atoms with E-state index in [4.69, 9.17) is 0 Å². The van der Waals surface area contributed by atoms with Gasteiger partial charge in [0.1, 0.15) is 0 Å². The molecule has 0 bridgehead atoms. The Morgan fingerprint density at radius 3 is 2.35 bits per heavy atom. The first kappa shape index (κ1) is 12.0. The van der Waals surface area contributed by atoms with Gasteiger partial charge < -0.3 is 0 Å². The van der Waals surface area contributed by atoms with Crippen molar-refractivity contribution in [3.63, 3.8) is 0 Å². The molecule has 7 nitrogen and oxygen atoms in total. The molecule has 20 heavy (non-hydrogen) atoms. The molecule has 2 aliphatic carbocycles. The first-order chi connectivity index (χ1) is 9.50. The molecule has 0 saturated heterocycles. The quantitative estimate of drug-likeness (QED) is 0.604. The van der Waals surface area contributed by atoms with Gasteiger partial charge in [-0.1, -0.05) is 12.1 Å². The van der Waals surface area contributed by atoms with Crippen molar-refractivity contribution in [1.29, 1.82) is 0 Å². The maximum Gasteiger partial charge on any atom is 0.316 e. The molecule has 0 saturated carbocycles. The second-order valence-corrected chi connectivity index (χ2v) is 4.27. The Bertz CT molecular complexity index is 786.